The quantitative estimate of drug-likeness (QED) is 0.123. The van der Waals surface area contributed by atoms with E-state index in [0.29, 0.717) is 0 Å². The minimum absolute atomic E-state index is 0.0419. The first-order chi connectivity index (χ1) is 20.8. The van der Waals surface area contributed by atoms with Gasteiger partial charge in [-0.15, -0.1) is 0 Å². The summed E-state index contributed by atoms with van der Waals surface area (Å²) in [6.07, 6.45) is -23.1. The molecule has 0 bridgehead atoms. The zero-order valence-corrected chi connectivity index (χ0v) is 23.9. The number of hydrogen-bond donors (Lipinski definition) is 12. The molecule has 17 nitrogen and oxygen atoms in total. The second kappa shape index (κ2) is 14.2. The Morgan fingerprint density at radius 3 is 1.43 bits per heavy atom. The molecule has 0 aromatic carbocycles. The summed E-state index contributed by atoms with van der Waals surface area (Å²) in [6.45, 7) is -1.33. The van der Waals surface area contributed by atoms with Crippen molar-refractivity contribution in [1.82, 2.24) is 0 Å². The first-order valence-electron chi connectivity index (χ1n) is 15.1. The number of hydrogen-bond acceptors (Lipinski definition) is 17. The third-order valence-electron chi connectivity index (χ3n) is 9.85. The van der Waals surface area contributed by atoms with Crippen molar-refractivity contribution in [2.24, 2.45) is 11.8 Å². The van der Waals surface area contributed by atoms with E-state index >= 15 is 0 Å². The fourth-order valence-corrected chi connectivity index (χ4v) is 7.24. The summed E-state index contributed by atoms with van der Waals surface area (Å²) in [5, 5.41) is 123. The van der Waals surface area contributed by atoms with Gasteiger partial charge in [-0.2, -0.15) is 0 Å². The van der Waals surface area contributed by atoms with Gasteiger partial charge in [0.25, 0.3) is 0 Å². The van der Waals surface area contributed by atoms with Crippen LogP contribution in [0.1, 0.15) is 32.1 Å². The van der Waals surface area contributed by atoms with E-state index in [2.05, 4.69) is 0 Å². The molecule has 3 saturated heterocycles. The topological polar surface area (TPSA) is 289 Å². The maximum absolute atomic E-state index is 11.0. The minimum atomic E-state index is -1.70. The lowest BCUT2D eigenvalue weighted by Crippen LogP contribution is -2.63. The van der Waals surface area contributed by atoms with Gasteiger partial charge in [0.05, 0.1) is 55.9 Å². The second-order valence-corrected chi connectivity index (χ2v) is 12.8. The summed E-state index contributed by atoms with van der Waals surface area (Å²) in [5.74, 6) is -0.914. The summed E-state index contributed by atoms with van der Waals surface area (Å²) in [7, 11) is 0. The molecule has 256 valence electrons. The molecule has 3 aliphatic heterocycles. The van der Waals surface area contributed by atoms with E-state index in [1.54, 1.807) is 0 Å². The van der Waals surface area contributed by atoms with E-state index in [4.69, 9.17) is 23.7 Å². The van der Waals surface area contributed by atoms with Crippen LogP contribution in [0, 0.1) is 11.8 Å². The summed E-state index contributed by atoms with van der Waals surface area (Å²) in [4.78, 5) is 0. The van der Waals surface area contributed by atoms with E-state index in [1.165, 1.54) is 0 Å². The Morgan fingerprint density at radius 1 is 0.455 bits per heavy atom. The zero-order valence-electron chi connectivity index (χ0n) is 23.9. The highest BCUT2D eigenvalue weighted by Gasteiger charge is 2.53. The van der Waals surface area contributed by atoms with Gasteiger partial charge in [-0.1, -0.05) is 0 Å². The first kappa shape index (κ1) is 34.6. The van der Waals surface area contributed by atoms with Gasteiger partial charge in [0.15, 0.2) is 12.6 Å². The van der Waals surface area contributed by atoms with E-state index in [0.717, 1.165) is 0 Å². The third kappa shape index (κ3) is 6.81. The Bertz CT molecular complexity index is 915. The molecule has 5 fully saturated rings. The van der Waals surface area contributed by atoms with Gasteiger partial charge >= 0.3 is 0 Å². The Balaban J connectivity index is 1.33. The van der Waals surface area contributed by atoms with Crippen LogP contribution in [0.25, 0.3) is 0 Å². The summed E-state index contributed by atoms with van der Waals surface area (Å²) in [6, 6.07) is 0. The Labute approximate surface area is 252 Å². The SMILES string of the molecule is OCC1OC(OC2CC3CC(OC4OC(CO)C(O)C(O)C4O)C(C4CC(O)C(O)C(O)C4)OC3CC2O)C(O)C(O)C1O. The molecule has 17 heteroatoms. The van der Waals surface area contributed by atoms with Crippen LogP contribution in [0.5, 0.6) is 0 Å². The fraction of sp³-hybridized carbons (Fsp3) is 1.00. The molecule has 18 atom stereocenters. The van der Waals surface area contributed by atoms with Crippen molar-refractivity contribution < 1.29 is 85.0 Å². The van der Waals surface area contributed by atoms with Crippen LogP contribution in [-0.4, -0.2) is 185 Å². The average Bonchev–Trinajstić information content (AvgIpc) is 3.00. The molecular formula is C27H46O17. The van der Waals surface area contributed by atoms with Gasteiger partial charge < -0.3 is 85.0 Å². The minimum Gasteiger partial charge on any atom is -0.394 e. The van der Waals surface area contributed by atoms with Crippen molar-refractivity contribution in [3.05, 3.63) is 0 Å². The van der Waals surface area contributed by atoms with Crippen LogP contribution >= 0.6 is 0 Å². The predicted octanol–water partition coefficient (Wildman–Crippen LogP) is -6.22. The number of aliphatic hydroxyl groups is 12. The average molecular weight is 643 g/mol. The maximum Gasteiger partial charge on any atom is 0.187 e. The second-order valence-electron chi connectivity index (χ2n) is 12.8. The van der Waals surface area contributed by atoms with E-state index in [1.807, 2.05) is 0 Å². The van der Waals surface area contributed by atoms with Crippen molar-refractivity contribution in [3.8, 4) is 0 Å². The lowest BCUT2D eigenvalue weighted by Gasteiger charge is -2.52. The van der Waals surface area contributed by atoms with Crippen LogP contribution in [0.2, 0.25) is 0 Å². The highest BCUT2D eigenvalue weighted by molar-refractivity contribution is 5.00. The zero-order chi connectivity index (χ0) is 32.0. The molecular weight excluding hydrogens is 596 g/mol. The first-order valence-corrected chi connectivity index (χ1v) is 15.1. The maximum atomic E-state index is 11.0. The molecule has 2 saturated carbocycles. The standard InChI is InChI=1S/C27H46O17/c28-6-16-19(34)21(36)23(38)26(43-16)41-14-3-8-4-15(42-27-24(39)22(37)20(35)17(7-29)44-27)25(40-13(8)5-10(14)30)9-1-11(31)18(33)12(32)2-9/h8-39H,1-7H2. The van der Waals surface area contributed by atoms with E-state index in [-0.39, 0.29) is 38.0 Å². The monoisotopic (exact) mass is 642 g/mol. The van der Waals surface area contributed by atoms with Crippen LogP contribution in [0.3, 0.4) is 0 Å². The molecule has 0 amide bonds. The Morgan fingerprint density at radius 2 is 0.932 bits per heavy atom. The summed E-state index contributed by atoms with van der Waals surface area (Å²) < 4.78 is 29.4. The predicted molar refractivity (Wildman–Crippen MR) is 140 cm³/mol. The van der Waals surface area contributed by atoms with Crippen molar-refractivity contribution in [2.45, 2.75) is 142 Å². The molecule has 0 spiro atoms. The number of aliphatic hydroxyl groups excluding tert-OH is 12. The summed E-state index contributed by atoms with van der Waals surface area (Å²) in [5.41, 5.74) is 0. The van der Waals surface area contributed by atoms with Gasteiger partial charge in [-0.25, -0.2) is 0 Å². The van der Waals surface area contributed by atoms with Crippen molar-refractivity contribution in [2.75, 3.05) is 13.2 Å². The molecule has 12 N–H and O–H groups in total. The molecule has 0 aromatic rings. The van der Waals surface area contributed by atoms with Gasteiger partial charge in [0.1, 0.15) is 54.9 Å². The normalized spacial score (nSPS) is 55.4. The molecule has 2 aliphatic carbocycles. The molecule has 5 aliphatic rings. The number of ether oxygens (including phenoxy) is 5. The molecule has 3 heterocycles. The van der Waals surface area contributed by atoms with Gasteiger partial charge in [0, 0.05) is 6.42 Å². The molecule has 0 radical (unpaired) electrons. The molecule has 44 heavy (non-hydrogen) atoms. The third-order valence-corrected chi connectivity index (χ3v) is 9.85. The smallest absolute Gasteiger partial charge is 0.187 e. The van der Waals surface area contributed by atoms with Crippen LogP contribution in [0.4, 0.5) is 0 Å². The Hall–Kier alpha value is -0.680. The number of fused-ring (bicyclic) bond motifs is 1. The summed E-state index contributed by atoms with van der Waals surface area (Å²) >= 11 is 0. The molecule has 5 rings (SSSR count). The largest absolute Gasteiger partial charge is 0.394 e. The van der Waals surface area contributed by atoms with Crippen LogP contribution < -0.4 is 0 Å². The Kier molecular flexibility index (Phi) is 11.2. The lowest BCUT2D eigenvalue weighted by molar-refractivity contribution is -0.339. The van der Waals surface area contributed by atoms with Crippen LogP contribution in [-0.2, 0) is 23.7 Å². The van der Waals surface area contributed by atoms with E-state index < -0.39 is 129 Å². The highest BCUT2D eigenvalue weighted by Crippen LogP contribution is 2.44. The van der Waals surface area contributed by atoms with E-state index in [9.17, 15) is 61.3 Å². The van der Waals surface area contributed by atoms with Crippen molar-refractivity contribution in [1.29, 1.82) is 0 Å². The highest BCUT2D eigenvalue weighted by atomic mass is 16.7. The van der Waals surface area contributed by atoms with Crippen LogP contribution in [0.15, 0.2) is 0 Å². The molecule has 0 aromatic heterocycles. The lowest BCUT2D eigenvalue weighted by atomic mass is 9.72. The fourth-order valence-electron chi connectivity index (χ4n) is 7.24. The van der Waals surface area contributed by atoms with Crippen molar-refractivity contribution >= 4 is 0 Å². The molecule has 18 unspecified atom stereocenters. The number of rotatable bonds is 7. The van der Waals surface area contributed by atoms with Gasteiger partial charge in [-0.05, 0) is 37.5 Å². The van der Waals surface area contributed by atoms with Gasteiger partial charge in [0.2, 0.25) is 0 Å². The van der Waals surface area contributed by atoms with Crippen molar-refractivity contribution in [3.63, 3.8) is 0 Å². The van der Waals surface area contributed by atoms with Gasteiger partial charge in [-0.3, -0.25) is 0 Å².